The molecule has 1 aliphatic carbocycles. The molecule has 0 aromatic heterocycles. The van der Waals surface area contributed by atoms with Crippen molar-refractivity contribution in [2.75, 3.05) is 0 Å². The molecule has 0 radical (unpaired) electrons. The Bertz CT molecular complexity index is 656. The Balaban J connectivity index is 2.27. The first kappa shape index (κ1) is 24.4. The van der Waals surface area contributed by atoms with E-state index in [-0.39, 0.29) is 18.5 Å². The summed E-state index contributed by atoms with van der Waals surface area (Å²) in [4.78, 5) is 25.9. The van der Waals surface area contributed by atoms with Gasteiger partial charge in [0.15, 0.2) is 0 Å². The SMILES string of the molecule is CCCCCC(CCC)CC1(C(=O)OCc2ccccc2)CCCC(C)C1C(=O)O. The second-order valence-electron chi connectivity index (χ2n) is 9.26. The lowest BCUT2D eigenvalue weighted by atomic mass is 9.58. The number of aliphatic carboxylic acids is 1. The molecule has 1 fully saturated rings. The van der Waals surface area contributed by atoms with Gasteiger partial charge in [-0.3, -0.25) is 9.59 Å². The molecule has 0 aliphatic heterocycles. The highest BCUT2D eigenvalue weighted by atomic mass is 16.5. The maximum Gasteiger partial charge on any atom is 0.313 e. The molecule has 1 aliphatic rings. The topological polar surface area (TPSA) is 63.6 Å². The van der Waals surface area contributed by atoms with Crippen molar-refractivity contribution in [1.29, 1.82) is 0 Å². The first-order valence-corrected chi connectivity index (χ1v) is 11.9. The van der Waals surface area contributed by atoms with Crippen molar-refractivity contribution in [1.82, 2.24) is 0 Å². The Kier molecular flexibility index (Phi) is 9.87. The van der Waals surface area contributed by atoms with Crippen molar-refractivity contribution < 1.29 is 19.4 Å². The van der Waals surface area contributed by atoms with E-state index in [0.717, 1.165) is 50.5 Å². The summed E-state index contributed by atoms with van der Waals surface area (Å²) in [5, 5.41) is 10.1. The first-order valence-electron chi connectivity index (χ1n) is 11.9. The minimum atomic E-state index is -0.912. The Morgan fingerprint density at radius 3 is 2.50 bits per heavy atom. The Hall–Kier alpha value is -1.84. The molecule has 0 saturated heterocycles. The zero-order chi connectivity index (χ0) is 22.0. The molecule has 0 heterocycles. The third-order valence-electron chi connectivity index (χ3n) is 6.90. The van der Waals surface area contributed by atoms with Crippen LogP contribution in [0.25, 0.3) is 0 Å². The van der Waals surface area contributed by atoms with E-state index < -0.39 is 17.3 Å². The highest BCUT2D eigenvalue weighted by Crippen LogP contribution is 2.50. The minimum Gasteiger partial charge on any atom is -0.481 e. The molecule has 4 nitrogen and oxygen atoms in total. The summed E-state index contributed by atoms with van der Waals surface area (Å²) in [6, 6.07) is 9.65. The van der Waals surface area contributed by atoms with Crippen LogP contribution in [0, 0.1) is 23.2 Å². The van der Waals surface area contributed by atoms with Gasteiger partial charge in [-0.25, -0.2) is 0 Å². The second-order valence-corrected chi connectivity index (χ2v) is 9.26. The summed E-state index contributed by atoms with van der Waals surface area (Å²) in [5.41, 5.74) is 0.0226. The quantitative estimate of drug-likeness (QED) is 0.307. The lowest BCUT2D eigenvalue weighted by Crippen LogP contribution is -2.50. The van der Waals surface area contributed by atoms with E-state index in [0.29, 0.717) is 18.8 Å². The first-order chi connectivity index (χ1) is 14.4. The molecular formula is C26H40O4. The molecule has 4 atom stereocenters. The fourth-order valence-electron chi connectivity index (χ4n) is 5.45. The molecule has 4 heteroatoms. The molecule has 1 aromatic rings. The summed E-state index contributed by atoms with van der Waals surface area (Å²) < 4.78 is 5.80. The average molecular weight is 417 g/mol. The normalized spacial score (nSPS) is 24.9. The molecule has 0 amide bonds. The fraction of sp³-hybridized carbons (Fsp3) is 0.692. The van der Waals surface area contributed by atoms with Crippen molar-refractivity contribution in [3.05, 3.63) is 35.9 Å². The second kappa shape index (κ2) is 12.1. The molecule has 1 aromatic carbocycles. The van der Waals surface area contributed by atoms with Crippen LogP contribution in [0.15, 0.2) is 30.3 Å². The lowest BCUT2D eigenvalue weighted by Gasteiger charge is -2.45. The Morgan fingerprint density at radius 2 is 1.87 bits per heavy atom. The average Bonchev–Trinajstić information content (AvgIpc) is 2.72. The van der Waals surface area contributed by atoms with Crippen LogP contribution in [0.3, 0.4) is 0 Å². The number of carboxylic acid groups (broad SMARTS) is 1. The summed E-state index contributed by atoms with van der Waals surface area (Å²) in [6.45, 7) is 6.56. The van der Waals surface area contributed by atoms with Gasteiger partial charge in [0.2, 0.25) is 0 Å². The van der Waals surface area contributed by atoms with Crippen LogP contribution in [-0.2, 0) is 20.9 Å². The van der Waals surface area contributed by atoms with Gasteiger partial charge in [0.1, 0.15) is 6.61 Å². The van der Waals surface area contributed by atoms with Crippen molar-refractivity contribution in [3.63, 3.8) is 0 Å². The molecular weight excluding hydrogens is 376 g/mol. The maximum absolute atomic E-state index is 13.5. The lowest BCUT2D eigenvalue weighted by molar-refractivity contribution is -0.177. The van der Waals surface area contributed by atoms with E-state index in [1.165, 1.54) is 6.42 Å². The van der Waals surface area contributed by atoms with Gasteiger partial charge in [0, 0.05) is 0 Å². The standard InChI is InChI=1S/C26H40O4/c1-4-6-8-14-21(12-5-2)18-26(17-11-13-20(3)23(26)24(27)28)25(29)30-19-22-15-9-7-10-16-22/h7,9-10,15-16,20-21,23H,4-6,8,11-14,17-19H2,1-3H3,(H,27,28). The van der Waals surface area contributed by atoms with Crippen LogP contribution < -0.4 is 0 Å². The van der Waals surface area contributed by atoms with E-state index in [1.54, 1.807) is 0 Å². The Morgan fingerprint density at radius 1 is 1.13 bits per heavy atom. The highest BCUT2D eigenvalue weighted by Gasteiger charge is 2.54. The molecule has 1 N–H and O–H groups in total. The van der Waals surface area contributed by atoms with Crippen molar-refractivity contribution >= 4 is 11.9 Å². The monoisotopic (exact) mass is 416 g/mol. The number of esters is 1. The van der Waals surface area contributed by atoms with Crippen LogP contribution in [0.2, 0.25) is 0 Å². The van der Waals surface area contributed by atoms with Crippen molar-refractivity contribution in [2.45, 2.75) is 91.6 Å². The number of hydrogen-bond acceptors (Lipinski definition) is 3. The summed E-state index contributed by atoms with van der Waals surface area (Å²) >= 11 is 0. The summed E-state index contributed by atoms with van der Waals surface area (Å²) in [7, 11) is 0. The third-order valence-corrected chi connectivity index (χ3v) is 6.90. The fourth-order valence-corrected chi connectivity index (χ4v) is 5.45. The van der Waals surface area contributed by atoms with Crippen LogP contribution >= 0.6 is 0 Å². The molecule has 30 heavy (non-hydrogen) atoms. The predicted octanol–water partition coefficient (Wildman–Crippen LogP) is 6.62. The molecule has 2 rings (SSSR count). The number of hydrogen-bond donors (Lipinski definition) is 1. The molecule has 4 unspecified atom stereocenters. The van der Waals surface area contributed by atoms with E-state index >= 15 is 0 Å². The van der Waals surface area contributed by atoms with Gasteiger partial charge in [0.05, 0.1) is 11.3 Å². The summed E-state index contributed by atoms with van der Waals surface area (Å²) in [6.07, 6.45) is 9.66. The number of unbranched alkanes of at least 4 members (excludes halogenated alkanes) is 2. The van der Waals surface area contributed by atoms with Crippen molar-refractivity contribution in [2.24, 2.45) is 23.2 Å². The number of carbonyl (C=O) groups excluding carboxylic acids is 1. The van der Waals surface area contributed by atoms with Crippen LogP contribution in [0.1, 0.15) is 90.5 Å². The highest BCUT2D eigenvalue weighted by molar-refractivity contribution is 5.85. The number of carbonyl (C=O) groups is 2. The smallest absolute Gasteiger partial charge is 0.313 e. The zero-order valence-electron chi connectivity index (χ0n) is 19.1. The van der Waals surface area contributed by atoms with Gasteiger partial charge in [-0.05, 0) is 36.7 Å². The van der Waals surface area contributed by atoms with Crippen molar-refractivity contribution in [3.8, 4) is 0 Å². The molecule has 0 spiro atoms. The molecule has 168 valence electrons. The number of carboxylic acids is 1. The Labute approximate surface area is 182 Å². The van der Waals surface area contributed by atoms with Gasteiger partial charge in [-0.15, -0.1) is 0 Å². The maximum atomic E-state index is 13.5. The van der Waals surface area contributed by atoms with Crippen LogP contribution in [-0.4, -0.2) is 17.0 Å². The largest absolute Gasteiger partial charge is 0.481 e. The van der Waals surface area contributed by atoms with Crippen LogP contribution in [0.4, 0.5) is 0 Å². The van der Waals surface area contributed by atoms with Gasteiger partial charge in [0.25, 0.3) is 0 Å². The minimum absolute atomic E-state index is 0.0153. The van der Waals surface area contributed by atoms with Gasteiger partial charge >= 0.3 is 11.9 Å². The van der Waals surface area contributed by atoms with Gasteiger partial charge in [-0.2, -0.15) is 0 Å². The van der Waals surface area contributed by atoms with E-state index in [4.69, 9.17) is 4.74 Å². The van der Waals surface area contributed by atoms with E-state index in [9.17, 15) is 14.7 Å². The van der Waals surface area contributed by atoms with E-state index in [1.807, 2.05) is 37.3 Å². The summed E-state index contributed by atoms with van der Waals surface area (Å²) in [5.74, 6) is -1.46. The molecule has 1 saturated carbocycles. The van der Waals surface area contributed by atoms with Gasteiger partial charge < -0.3 is 9.84 Å². The molecule has 0 bridgehead atoms. The third kappa shape index (κ3) is 6.33. The predicted molar refractivity (Wildman–Crippen MR) is 120 cm³/mol. The number of rotatable bonds is 12. The number of ether oxygens (including phenoxy) is 1. The number of benzene rings is 1. The van der Waals surface area contributed by atoms with Crippen LogP contribution in [0.5, 0.6) is 0 Å². The van der Waals surface area contributed by atoms with E-state index in [2.05, 4.69) is 13.8 Å². The zero-order valence-corrected chi connectivity index (χ0v) is 19.1. The van der Waals surface area contributed by atoms with Gasteiger partial charge in [-0.1, -0.05) is 96.0 Å².